The van der Waals surface area contributed by atoms with Crippen molar-refractivity contribution in [2.45, 2.75) is 99.5 Å². The van der Waals surface area contributed by atoms with Crippen LogP contribution in [0.5, 0.6) is 0 Å². The number of benzene rings is 1. The van der Waals surface area contributed by atoms with Gasteiger partial charge in [0.15, 0.2) is 0 Å². The largest absolute Gasteiger partial charge is 0.359 e. The molecule has 1 unspecified atom stereocenters. The number of allylic oxidation sites excluding steroid dienone is 3. The molecule has 0 amide bonds. The zero-order valence-corrected chi connectivity index (χ0v) is 22.6. The maximum absolute atomic E-state index is 5.22. The van der Waals surface area contributed by atoms with Crippen molar-refractivity contribution in [3.05, 3.63) is 77.0 Å². The van der Waals surface area contributed by atoms with Crippen molar-refractivity contribution >= 4 is 0 Å². The molecule has 3 heteroatoms. The molecule has 1 N–H and O–H groups in total. The van der Waals surface area contributed by atoms with Crippen LogP contribution in [0, 0.1) is 19.3 Å². The van der Waals surface area contributed by atoms with Gasteiger partial charge in [0.25, 0.3) is 0 Å². The Morgan fingerprint density at radius 3 is 2.41 bits per heavy atom. The van der Waals surface area contributed by atoms with Crippen LogP contribution in [0.4, 0.5) is 0 Å². The first kappa shape index (κ1) is 26.1. The highest BCUT2D eigenvalue weighted by molar-refractivity contribution is 5.60. The summed E-state index contributed by atoms with van der Waals surface area (Å²) in [5.41, 5.74) is 9.79. The fraction of sp³-hybridized carbons (Fsp3) is 0.516. The molecule has 0 aliphatic carbocycles. The summed E-state index contributed by atoms with van der Waals surface area (Å²) in [5, 5.41) is 3.37. The number of rotatable bonds is 10. The van der Waals surface area contributed by atoms with E-state index in [2.05, 4.69) is 95.9 Å². The molecular formula is C31H45N3. The topological polar surface area (TPSA) is 29.9 Å². The van der Waals surface area contributed by atoms with Crippen LogP contribution in [0.15, 0.2) is 60.1 Å². The van der Waals surface area contributed by atoms with E-state index in [1.54, 1.807) is 0 Å². The Kier molecular flexibility index (Phi) is 8.28. The van der Waals surface area contributed by atoms with Gasteiger partial charge in [0.2, 0.25) is 0 Å². The van der Waals surface area contributed by atoms with Gasteiger partial charge in [-0.2, -0.15) is 0 Å². The summed E-state index contributed by atoms with van der Waals surface area (Å²) in [4.78, 5) is 5.22. The van der Waals surface area contributed by atoms with Gasteiger partial charge in [0.05, 0.1) is 5.69 Å². The van der Waals surface area contributed by atoms with Crippen molar-refractivity contribution in [2.24, 2.45) is 5.41 Å². The number of nitrogens with zero attached hydrogens (tertiary/aromatic N) is 2. The Morgan fingerprint density at radius 2 is 1.82 bits per heavy atom. The van der Waals surface area contributed by atoms with Crippen LogP contribution < -0.4 is 5.32 Å². The fourth-order valence-corrected chi connectivity index (χ4v) is 5.43. The molecule has 3 rings (SSSR count). The predicted octanol–water partition coefficient (Wildman–Crippen LogP) is 8.60. The first-order valence-corrected chi connectivity index (χ1v) is 13.1. The Labute approximate surface area is 208 Å². The van der Waals surface area contributed by atoms with Gasteiger partial charge in [-0.15, -0.1) is 0 Å². The highest BCUT2D eigenvalue weighted by atomic mass is 15.1. The molecule has 0 bridgehead atoms. The third kappa shape index (κ3) is 5.40. The zero-order valence-electron chi connectivity index (χ0n) is 22.6. The van der Waals surface area contributed by atoms with E-state index in [1.165, 1.54) is 46.5 Å². The third-order valence-electron chi connectivity index (χ3n) is 7.59. The molecule has 1 aliphatic rings. The lowest BCUT2D eigenvalue weighted by molar-refractivity contribution is 0.487. The number of aromatic nitrogens is 2. The molecule has 1 fully saturated rings. The Bertz CT molecular complexity index is 1080. The molecule has 0 radical (unpaired) electrons. The standard InChI is InChI=1S/C31H45N3/c1-10-13-26(15-12-14-22(4)29-24(6)32-25(7)31(29,8)9)30-33-28(20-34(30)18-11-2)27-17-16-21(3)23(5)19-27/h16-17,19-20,26,32H,6-7,10-15,18H2,1-5,8-9H3/b29-22-. The lowest BCUT2D eigenvalue weighted by Gasteiger charge is -2.23. The summed E-state index contributed by atoms with van der Waals surface area (Å²) < 4.78 is 2.42. The first-order chi connectivity index (χ1) is 16.1. The van der Waals surface area contributed by atoms with Crippen molar-refractivity contribution in [1.82, 2.24) is 14.9 Å². The van der Waals surface area contributed by atoms with E-state index in [9.17, 15) is 0 Å². The van der Waals surface area contributed by atoms with E-state index in [1.807, 2.05) is 0 Å². The van der Waals surface area contributed by atoms with Gasteiger partial charge in [0.1, 0.15) is 5.82 Å². The molecule has 184 valence electrons. The third-order valence-corrected chi connectivity index (χ3v) is 7.59. The molecule has 2 heterocycles. The summed E-state index contributed by atoms with van der Waals surface area (Å²) in [7, 11) is 0. The zero-order chi connectivity index (χ0) is 25.0. The normalized spacial score (nSPS) is 17.7. The summed E-state index contributed by atoms with van der Waals surface area (Å²) in [5.74, 6) is 1.76. The Morgan fingerprint density at radius 1 is 1.09 bits per heavy atom. The highest BCUT2D eigenvalue weighted by Gasteiger charge is 2.36. The molecule has 0 spiro atoms. The predicted molar refractivity (Wildman–Crippen MR) is 147 cm³/mol. The molecular weight excluding hydrogens is 414 g/mol. The minimum atomic E-state index is -0.0531. The van der Waals surface area contributed by atoms with Crippen LogP contribution in [0.3, 0.4) is 0 Å². The number of imidazole rings is 1. The molecule has 34 heavy (non-hydrogen) atoms. The average molecular weight is 460 g/mol. The van der Waals surface area contributed by atoms with E-state index < -0.39 is 0 Å². The van der Waals surface area contributed by atoms with Crippen molar-refractivity contribution in [3.63, 3.8) is 0 Å². The molecule has 1 atom stereocenters. The maximum atomic E-state index is 5.22. The summed E-state index contributed by atoms with van der Waals surface area (Å²) in [6.07, 6.45) is 9.16. The first-order valence-electron chi connectivity index (χ1n) is 13.1. The lowest BCUT2D eigenvalue weighted by Crippen LogP contribution is -2.14. The molecule has 3 nitrogen and oxygen atoms in total. The van der Waals surface area contributed by atoms with E-state index in [0.717, 1.165) is 49.3 Å². The number of hydrogen-bond donors (Lipinski definition) is 1. The summed E-state index contributed by atoms with van der Waals surface area (Å²) in [6.45, 7) is 25.2. The SMILES string of the molecule is C=C1NC(=C)C(C)(C)/C1=C(/C)CCCC(CCC)c1nc(-c2ccc(C)c(C)c2)cn1CCC. The Hall–Kier alpha value is -2.55. The second-order valence-corrected chi connectivity index (χ2v) is 10.7. The van der Waals surface area contributed by atoms with E-state index in [-0.39, 0.29) is 5.41 Å². The second kappa shape index (κ2) is 10.8. The van der Waals surface area contributed by atoms with Crippen molar-refractivity contribution in [2.75, 3.05) is 0 Å². The van der Waals surface area contributed by atoms with Crippen LogP contribution in [0.1, 0.15) is 96.0 Å². The van der Waals surface area contributed by atoms with Crippen LogP contribution >= 0.6 is 0 Å². The van der Waals surface area contributed by atoms with Crippen LogP contribution in [-0.4, -0.2) is 9.55 Å². The number of hydrogen-bond acceptors (Lipinski definition) is 2. The van der Waals surface area contributed by atoms with Gasteiger partial charge in [0, 0.05) is 41.0 Å². The van der Waals surface area contributed by atoms with Gasteiger partial charge >= 0.3 is 0 Å². The van der Waals surface area contributed by atoms with Crippen molar-refractivity contribution in [3.8, 4) is 11.3 Å². The number of aryl methyl sites for hydroxylation is 3. The average Bonchev–Trinajstić information content (AvgIpc) is 3.27. The minimum absolute atomic E-state index is 0.0531. The fourth-order valence-electron chi connectivity index (χ4n) is 5.43. The lowest BCUT2D eigenvalue weighted by atomic mass is 9.80. The van der Waals surface area contributed by atoms with Crippen LogP contribution in [-0.2, 0) is 6.54 Å². The molecule has 1 saturated heterocycles. The van der Waals surface area contributed by atoms with Gasteiger partial charge in [-0.1, -0.05) is 65.0 Å². The second-order valence-electron chi connectivity index (χ2n) is 10.7. The van der Waals surface area contributed by atoms with E-state index in [4.69, 9.17) is 4.98 Å². The molecule has 2 aromatic rings. The van der Waals surface area contributed by atoms with E-state index in [0.29, 0.717) is 5.92 Å². The summed E-state index contributed by atoms with van der Waals surface area (Å²) in [6, 6.07) is 6.71. The monoisotopic (exact) mass is 459 g/mol. The van der Waals surface area contributed by atoms with E-state index >= 15 is 0 Å². The molecule has 1 aromatic carbocycles. The Balaban J connectivity index is 1.82. The van der Waals surface area contributed by atoms with Crippen molar-refractivity contribution in [1.29, 1.82) is 0 Å². The molecule has 1 aromatic heterocycles. The molecule has 1 aliphatic heterocycles. The minimum Gasteiger partial charge on any atom is -0.359 e. The van der Waals surface area contributed by atoms with Gasteiger partial charge in [-0.05, 0) is 75.6 Å². The van der Waals surface area contributed by atoms with Gasteiger partial charge < -0.3 is 9.88 Å². The van der Waals surface area contributed by atoms with Crippen LogP contribution in [0.25, 0.3) is 11.3 Å². The highest BCUT2D eigenvalue weighted by Crippen LogP contribution is 2.44. The smallest absolute Gasteiger partial charge is 0.112 e. The maximum Gasteiger partial charge on any atom is 0.112 e. The quantitative estimate of drug-likeness (QED) is 0.385. The number of nitrogens with one attached hydrogen (secondary N) is 1. The van der Waals surface area contributed by atoms with Crippen LogP contribution in [0.2, 0.25) is 0 Å². The summed E-state index contributed by atoms with van der Waals surface area (Å²) >= 11 is 0. The molecule has 0 saturated carbocycles. The van der Waals surface area contributed by atoms with Gasteiger partial charge in [-0.3, -0.25) is 0 Å². The van der Waals surface area contributed by atoms with Crippen molar-refractivity contribution < 1.29 is 0 Å². The van der Waals surface area contributed by atoms with Gasteiger partial charge in [-0.25, -0.2) is 4.98 Å².